The van der Waals surface area contributed by atoms with Crippen LogP contribution in [0.25, 0.3) is 0 Å². The van der Waals surface area contributed by atoms with Gasteiger partial charge in [-0.1, -0.05) is 45.3 Å². The molecule has 0 aliphatic carbocycles. The van der Waals surface area contributed by atoms with Gasteiger partial charge in [0, 0.05) is 13.1 Å². The molecular weight excluding hydrogens is 258 g/mol. The number of hydrogen-bond donors (Lipinski definition) is 2. The Hall–Kier alpha value is -0.680. The number of nitrogens with one attached hydrogen (secondary N) is 1. The molecule has 1 aliphatic heterocycles. The van der Waals surface area contributed by atoms with Crippen molar-refractivity contribution < 1.29 is 4.79 Å². The third-order valence-electron chi connectivity index (χ3n) is 3.88. The van der Waals surface area contributed by atoms with Crippen LogP contribution < -0.4 is 11.2 Å². The summed E-state index contributed by atoms with van der Waals surface area (Å²) in [5, 5.41) is 2.02. The van der Waals surface area contributed by atoms with Crippen LogP contribution in [0.4, 0.5) is 0 Å². The van der Waals surface area contributed by atoms with Crippen LogP contribution in [-0.2, 0) is 4.79 Å². The Morgan fingerprint density at radius 1 is 1.21 bits per heavy atom. The van der Waals surface area contributed by atoms with Gasteiger partial charge in [0.15, 0.2) is 0 Å². The van der Waals surface area contributed by atoms with Crippen LogP contribution >= 0.6 is 12.2 Å². The summed E-state index contributed by atoms with van der Waals surface area (Å²) in [5.41, 5.74) is 8.27. The quantitative estimate of drug-likeness (QED) is 0.705. The minimum Gasteiger partial charge on any atom is -0.392 e. The van der Waals surface area contributed by atoms with Gasteiger partial charge in [0.05, 0.1) is 4.99 Å². The number of amides is 1. The van der Waals surface area contributed by atoms with Crippen molar-refractivity contribution in [2.24, 2.45) is 11.1 Å². The molecule has 1 heterocycles. The molecule has 1 saturated heterocycles. The second kappa shape index (κ2) is 7.80. The van der Waals surface area contributed by atoms with Gasteiger partial charge in [-0.15, -0.1) is 0 Å². The lowest BCUT2D eigenvalue weighted by atomic mass is 9.78. The van der Waals surface area contributed by atoms with Crippen LogP contribution in [0.5, 0.6) is 0 Å². The summed E-state index contributed by atoms with van der Waals surface area (Å²) in [6.45, 7) is 5.99. The molecule has 110 valence electrons. The summed E-state index contributed by atoms with van der Waals surface area (Å²) in [7, 11) is 0. The zero-order valence-corrected chi connectivity index (χ0v) is 13.0. The van der Waals surface area contributed by atoms with Crippen molar-refractivity contribution in [3.05, 3.63) is 0 Å². The molecular formula is C14H27N3OS. The molecule has 0 bridgehead atoms. The number of nitrogens with zero attached hydrogens (tertiary/aromatic N) is 1. The molecule has 0 saturated carbocycles. The highest BCUT2D eigenvalue weighted by Crippen LogP contribution is 2.31. The summed E-state index contributed by atoms with van der Waals surface area (Å²) in [5.74, 6) is -0.00870. The lowest BCUT2D eigenvalue weighted by Gasteiger charge is -2.35. The second-order valence-electron chi connectivity index (χ2n) is 5.43. The number of piperidine rings is 1. The number of nitrogens with two attached hydrogens (primary N) is 1. The van der Waals surface area contributed by atoms with E-state index < -0.39 is 5.41 Å². The highest BCUT2D eigenvalue weighted by Gasteiger charge is 2.40. The average molecular weight is 285 g/mol. The van der Waals surface area contributed by atoms with Gasteiger partial charge in [-0.3, -0.25) is 10.2 Å². The molecule has 1 fully saturated rings. The van der Waals surface area contributed by atoms with Gasteiger partial charge >= 0.3 is 0 Å². The van der Waals surface area contributed by atoms with Gasteiger partial charge in [-0.25, -0.2) is 5.01 Å². The Morgan fingerprint density at radius 3 is 2.16 bits per heavy atom. The summed E-state index contributed by atoms with van der Waals surface area (Å²) in [4.78, 5) is 13.0. The maximum Gasteiger partial charge on any atom is 0.247 e. The molecule has 0 unspecified atom stereocenters. The smallest absolute Gasteiger partial charge is 0.247 e. The fourth-order valence-corrected chi connectivity index (χ4v) is 3.12. The van der Waals surface area contributed by atoms with Crippen molar-refractivity contribution in [3.8, 4) is 0 Å². The minimum absolute atomic E-state index is 0.00870. The minimum atomic E-state index is -0.670. The van der Waals surface area contributed by atoms with Crippen LogP contribution in [0.15, 0.2) is 0 Å². The van der Waals surface area contributed by atoms with Gasteiger partial charge in [-0.2, -0.15) is 0 Å². The number of carbonyl (C=O) groups excluding carboxylic acids is 1. The molecule has 0 radical (unpaired) electrons. The molecule has 4 nitrogen and oxygen atoms in total. The molecule has 0 aromatic rings. The van der Waals surface area contributed by atoms with E-state index in [0.29, 0.717) is 4.99 Å². The normalized spacial score (nSPS) is 17.2. The average Bonchev–Trinajstić information content (AvgIpc) is 2.39. The highest BCUT2D eigenvalue weighted by atomic mass is 32.1. The molecule has 1 amide bonds. The van der Waals surface area contributed by atoms with E-state index >= 15 is 0 Å². The molecule has 5 heteroatoms. The first-order valence-electron chi connectivity index (χ1n) is 7.42. The first kappa shape index (κ1) is 16.4. The summed E-state index contributed by atoms with van der Waals surface area (Å²) >= 11 is 5.20. The van der Waals surface area contributed by atoms with Crippen LogP contribution in [0.3, 0.4) is 0 Å². The lowest BCUT2D eigenvalue weighted by molar-refractivity contribution is -0.133. The van der Waals surface area contributed by atoms with Crippen molar-refractivity contribution in [2.75, 3.05) is 13.1 Å². The monoisotopic (exact) mass is 285 g/mol. The van der Waals surface area contributed by atoms with Gasteiger partial charge < -0.3 is 5.73 Å². The molecule has 1 rings (SSSR count). The predicted molar refractivity (Wildman–Crippen MR) is 82.6 cm³/mol. The van der Waals surface area contributed by atoms with E-state index in [9.17, 15) is 4.79 Å². The molecule has 0 aromatic carbocycles. The third-order valence-corrected chi connectivity index (χ3v) is 4.27. The molecule has 0 aromatic heterocycles. The standard InChI is InChI=1S/C14H27N3OS/c1-3-8-14(9-4-2,12(15)19)13(18)16-17-10-6-5-7-11-17/h3-11H2,1-2H3,(H2,15,19)(H,16,18). The van der Waals surface area contributed by atoms with E-state index in [0.717, 1.165) is 51.6 Å². The number of carbonyl (C=O) groups is 1. The Labute approximate surface area is 122 Å². The molecule has 3 N–H and O–H groups in total. The second-order valence-corrected chi connectivity index (χ2v) is 5.87. The zero-order chi connectivity index (χ0) is 14.3. The summed E-state index contributed by atoms with van der Waals surface area (Å²) in [6.07, 6.45) is 6.81. The van der Waals surface area contributed by atoms with Crippen molar-refractivity contribution in [3.63, 3.8) is 0 Å². The Bertz CT molecular complexity index is 308. The first-order chi connectivity index (χ1) is 9.06. The molecule has 1 aliphatic rings. The van der Waals surface area contributed by atoms with E-state index in [1.807, 2.05) is 5.01 Å². The van der Waals surface area contributed by atoms with Crippen molar-refractivity contribution in [2.45, 2.75) is 58.8 Å². The Morgan fingerprint density at radius 2 is 1.74 bits per heavy atom. The topological polar surface area (TPSA) is 58.4 Å². The van der Waals surface area contributed by atoms with Crippen molar-refractivity contribution in [1.29, 1.82) is 0 Å². The predicted octanol–water partition coefficient (Wildman–Crippen LogP) is 2.38. The number of thiocarbonyl (C=S) groups is 1. The van der Waals surface area contributed by atoms with Crippen molar-refractivity contribution in [1.82, 2.24) is 10.4 Å². The SMILES string of the molecule is CCCC(CCC)(C(=O)NN1CCCCC1)C(N)=S. The van der Waals surface area contributed by atoms with Crippen LogP contribution in [0.1, 0.15) is 58.8 Å². The fourth-order valence-electron chi connectivity index (χ4n) is 2.82. The lowest BCUT2D eigenvalue weighted by Crippen LogP contribution is -2.55. The van der Waals surface area contributed by atoms with Crippen LogP contribution in [-0.4, -0.2) is 29.0 Å². The van der Waals surface area contributed by atoms with Crippen LogP contribution in [0, 0.1) is 5.41 Å². The van der Waals surface area contributed by atoms with Gasteiger partial charge in [-0.05, 0) is 25.7 Å². The highest BCUT2D eigenvalue weighted by molar-refractivity contribution is 7.80. The van der Waals surface area contributed by atoms with E-state index in [4.69, 9.17) is 18.0 Å². The fraction of sp³-hybridized carbons (Fsp3) is 0.857. The Balaban J connectivity index is 2.76. The molecule has 0 spiro atoms. The van der Waals surface area contributed by atoms with E-state index in [-0.39, 0.29) is 5.91 Å². The third kappa shape index (κ3) is 4.14. The molecule has 19 heavy (non-hydrogen) atoms. The summed E-state index contributed by atoms with van der Waals surface area (Å²) < 4.78 is 0. The maximum absolute atomic E-state index is 12.6. The van der Waals surface area contributed by atoms with Gasteiger partial charge in [0.25, 0.3) is 0 Å². The number of hydrogen-bond acceptors (Lipinski definition) is 3. The van der Waals surface area contributed by atoms with Gasteiger partial charge in [0.2, 0.25) is 5.91 Å². The largest absolute Gasteiger partial charge is 0.392 e. The number of rotatable bonds is 7. The summed E-state index contributed by atoms with van der Waals surface area (Å²) in [6, 6.07) is 0. The maximum atomic E-state index is 12.6. The van der Waals surface area contributed by atoms with E-state index in [1.54, 1.807) is 0 Å². The van der Waals surface area contributed by atoms with E-state index in [1.165, 1.54) is 6.42 Å². The van der Waals surface area contributed by atoms with Crippen LogP contribution in [0.2, 0.25) is 0 Å². The zero-order valence-electron chi connectivity index (χ0n) is 12.2. The van der Waals surface area contributed by atoms with Gasteiger partial charge in [0.1, 0.15) is 5.41 Å². The van der Waals surface area contributed by atoms with E-state index in [2.05, 4.69) is 19.3 Å². The Kier molecular flexibility index (Phi) is 6.72. The molecule has 0 atom stereocenters. The number of hydrazine groups is 1. The van der Waals surface area contributed by atoms with Crippen molar-refractivity contribution >= 4 is 23.1 Å². The first-order valence-corrected chi connectivity index (χ1v) is 7.83.